The van der Waals surface area contributed by atoms with Gasteiger partial charge >= 0.3 is 0 Å². The van der Waals surface area contributed by atoms with Crippen LogP contribution in [-0.4, -0.2) is 37.7 Å². The molecule has 0 unspecified atom stereocenters. The Morgan fingerprint density at radius 3 is 2.04 bits per heavy atom. The molecule has 0 amide bonds. The Labute approximate surface area is 264 Å². The predicted octanol–water partition coefficient (Wildman–Crippen LogP) is 7.25. The van der Waals surface area contributed by atoms with Gasteiger partial charge in [0.2, 0.25) is 0 Å². The van der Waals surface area contributed by atoms with Gasteiger partial charge in [0.25, 0.3) is 0 Å². The average Bonchev–Trinajstić information content (AvgIpc) is 3.46. The molecule has 4 aromatic carbocycles. The fraction of sp³-hybridized carbons (Fsp3) is 0.270. The zero-order valence-corrected chi connectivity index (χ0v) is 26.5. The second-order valence-corrected chi connectivity index (χ2v) is 11.5. The third-order valence-corrected chi connectivity index (χ3v) is 8.15. The highest BCUT2D eigenvalue weighted by Gasteiger charge is 2.26. The largest absolute Gasteiger partial charge is 0.497 e. The van der Waals surface area contributed by atoms with Crippen LogP contribution in [0.25, 0.3) is 10.9 Å². The summed E-state index contributed by atoms with van der Waals surface area (Å²) >= 11 is 0. The van der Waals surface area contributed by atoms with E-state index in [2.05, 4.69) is 72.3 Å². The van der Waals surface area contributed by atoms with E-state index in [4.69, 9.17) is 24.0 Å². The number of anilines is 1. The molecule has 2 heterocycles. The molecular formula is C37H40N4O4. The topological polar surface area (TPSA) is 69.5 Å². The molecule has 1 aliphatic heterocycles. The number of hydrazone groups is 1. The molecule has 1 aliphatic rings. The Kier molecular flexibility index (Phi) is 8.82. The van der Waals surface area contributed by atoms with Crippen LogP contribution in [0.4, 0.5) is 5.69 Å². The van der Waals surface area contributed by atoms with Gasteiger partial charge in [-0.25, -0.2) is 0 Å². The van der Waals surface area contributed by atoms with Crippen LogP contribution in [0.15, 0.2) is 96.2 Å². The van der Waals surface area contributed by atoms with Crippen molar-refractivity contribution in [1.82, 2.24) is 9.99 Å². The number of fused-ring (bicyclic) bond motifs is 1. The van der Waals surface area contributed by atoms with Crippen molar-refractivity contribution in [1.29, 1.82) is 0 Å². The van der Waals surface area contributed by atoms with Crippen LogP contribution in [0.1, 0.15) is 42.0 Å². The molecule has 0 saturated carbocycles. The van der Waals surface area contributed by atoms with Gasteiger partial charge in [0.15, 0.2) is 5.84 Å². The molecule has 45 heavy (non-hydrogen) atoms. The van der Waals surface area contributed by atoms with Gasteiger partial charge < -0.3 is 33.8 Å². The molecule has 0 saturated heterocycles. The Morgan fingerprint density at radius 2 is 1.42 bits per heavy atom. The quantitative estimate of drug-likeness (QED) is 0.171. The van der Waals surface area contributed by atoms with Crippen LogP contribution >= 0.6 is 0 Å². The summed E-state index contributed by atoms with van der Waals surface area (Å²) in [5.74, 6) is 4.13. The average molecular weight is 605 g/mol. The van der Waals surface area contributed by atoms with Crippen LogP contribution in [0, 0.1) is 0 Å². The second kappa shape index (κ2) is 13.3. The second-order valence-electron chi connectivity index (χ2n) is 11.5. The molecular weight excluding hydrogens is 564 g/mol. The number of benzene rings is 4. The lowest BCUT2D eigenvalue weighted by Gasteiger charge is -2.31. The van der Waals surface area contributed by atoms with Crippen molar-refractivity contribution in [3.63, 3.8) is 0 Å². The first-order valence-corrected chi connectivity index (χ1v) is 15.3. The summed E-state index contributed by atoms with van der Waals surface area (Å²) in [5, 5.41) is 6.05. The van der Waals surface area contributed by atoms with Crippen molar-refractivity contribution in [2.45, 2.75) is 33.0 Å². The number of aromatic nitrogens is 1. The normalized spacial score (nSPS) is 13.0. The van der Waals surface area contributed by atoms with Crippen LogP contribution in [-0.2, 0) is 20.3 Å². The smallest absolute Gasteiger partial charge is 0.163 e. The highest BCUT2D eigenvalue weighted by atomic mass is 16.5. The monoisotopic (exact) mass is 604 g/mol. The van der Waals surface area contributed by atoms with Crippen molar-refractivity contribution >= 4 is 22.4 Å². The Balaban J connectivity index is 1.38. The van der Waals surface area contributed by atoms with Gasteiger partial charge in [-0.2, -0.15) is 5.10 Å². The number of nitrogens with zero attached hydrogens (tertiary/aromatic N) is 3. The van der Waals surface area contributed by atoms with Crippen LogP contribution < -0.4 is 29.3 Å². The molecule has 232 valence electrons. The summed E-state index contributed by atoms with van der Waals surface area (Å²) < 4.78 is 25.9. The van der Waals surface area contributed by atoms with E-state index in [0.717, 1.165) is 64.1 Å². The fourth-order valence-corrected chi connectivity index (χ4v) is 5.57. The molecule has 0 bridgehead atoms. The zero-order valence-electron chi connectivity index (χ0n) is 26.5. The Morgan fingerprint density at radius 1 is 0.778 bits per heavy atom. The van der Waals surface area contributed by atoms with Crippen molar-refractivity contribution < 1.29 is 18.9 Å². The SMILES string of the molecule is COc1ccc(COc2cc(OCc3ccc(OC)cc3)c(C(C)C)cc2C2=NNCCN2c2ccc3c(ccn3C)c2)cc1. The number of aryl methyl sites for hydroxylation is 1. The molecule has 8 heteroatoms. The molecule has 1 aromatic heterocycles. The summed E-state index contributed by atoms with van der Waals surface area (Å²) in [6.07, 6.45) is 2.09. The van der Waals surface area contributed by atoms with Crippen LogP contribution in [0.5, 0.6) is 23.0 Å². The number of hydrogen-bond acceptors (Lipinski definition) is 7. The maximum atomic E-state index is 6.59. The zero-order chi connectivity index (χ0) is 31.3. The molecule has 0 spiro atoms. The maximum absolute atomic E-state index is 6.59. The minimum absolute atomic E-state index is 0.205. The minimum atomic E-state index is 0.205. The molecule has 0 radical (unpaired) electrons. The van der Waals surface area contributed by atoms with Gasteiger partial charge in [0.05, 0.1) is 26.3 Å². The lowest BCUT2D eigenvalue weighted by Crippen LogP contribution is -2.42. The van der Waals surface area contributed by atoms with Crippen molar-refractivity contribution in [2.24, 2.45) is 12.1 Å². The van der Waals surface area contributed by atoms with Crippen molar-refractivity contribution in [3.05, 3.63) is 113 Å². The third kappa shape index (κ3) is 6.55. The Hall–Kier alpha value is -5.11. The van der Waals surface area contributed by atoms with Gasteiger partial charge in [-0.1, -0.05) is 38.1 Å². The minimum Gasteiger partial charge on any atom is -0.497 e. The first kappa shape index (κ1) is 29.9. The number of methoxy groups -OCH3 is 2. The van der Waals surface area contributed by atoms with Crippen molar-refractivity contribution in [3.8, 4) is 23.0 Å². The van der Waals surface area contributed by atoms with E-state index in [0.29, 0.717) is 19.0 Å². The van der Waals surface area contributed by atoms with Gasteiger partial charge in [-0.3, -0.25) is 0 Å². The molecule has 1 N–H and O–H groups in total. The number of nitrogens with one attached hydrogen (secondary N) is 1. The number of hydrogen-bond donors (Lipinski definition) is 1. The van der Waals surface area contributed by atoms with Gasteiger partial charge in [0, 0.05) is 42.4 Å². The summed E-state index contributed by atoms with van der Waals surface area (Å²) in [5.41, 5.74) is 9.59. The van der Waals surface area contributed by atoms with Gasteiger partial charge in [-0.05, 0) is 77.2 Å². The molecule has 8 nitrogen and oxygen atoms in total. The summed E-state index contributed by atoms with van der Waals surface area (Å²) in [7, 11) is 5.41. The van der Waals surface area contributed by atoms with E-state index in [-0.39, 0.29) is 5.92 Å². The lowest BCUT2D eigenvalue weighted by atomic mass is 9.97. The summed E-state index contributed by atoms with van der Waals surface area (Å²) in [6.45, 7) is 6.66. The first-order chi connectivity index (χ1) is 21.9. The first-order valence-electron chi connectivity index (χ1n) is 15.3. The van der Waals surface area contributed by atoms with Crippen LogP contribution in [0.2, 0.25) is 0 Å². The molecule has 0 aliphatic carbocycles. The van der Waals surface area contributed by atoms with E-state index >= 15 is 0 Å². The summed E-state index contributed by atoms with van der Waals surface area (Å²) in [6, 6.07) is 28.8. The molecule has 0 fully saturated rings. The number of ether oxygens (including phenoxy) is 4. The van der Waals surface area contributed by atoms with E-state index in [1.165, 1.54) is 10.9 Å². The molecule has 6 rings (SSSR count). The highest BCUT2D eigenvalue weighted by molar-refractivity contribution is 6.12. The number of amidine groups is 1. The lowest BCUT2D eigenvalue weighted by molar-refractivity contribution is 0.286. The van der Waals surface area contributed by atoms with E-state index < -0.39 is 0 Å². The number of rotatable bonds is 11. The highest BCUT2D eigenvalue weighted by Crippen LogP contribution is 2.37. The predicted molar refractivity (Wildman–Crippen MR) is 180 cm³/mol. The van der Waals surface area contributed by atoms with Gasteiger partial charge in [0.1, 0.15) is 36.2 Å². The summed E-state index contributed by atoms with van der Waals surface area (Å²) in [4.78, 5) is 2.26. The third-order valence-electron chi connectivity index (χ3n) is 8.15. The van der Waals surface area contributed by atoms with E-state index in [9.17, 15) is 0 Å². The Bertz CT molecular complexity index is 1790. The maximum Gasteiger partial charge on any atom is 0.163 e. The standard InChI is InChI=1S/C37H40N4O4/c1-25(2)32-21-33(37-39-38-17-19-41(37)29-10-15-34-28(20-29)16-18-40(34)3)36(45-24-27-8-13-31(43-5)14-9-27)22-35(32)44-23-26-6-11-30(42-4)12-7-26/h6-16,18,20-22,25,38H,17,19,23-24H2,1-5H3. The molecule has 5 aromatic rings. The molecule has 0 atom stereocenters. The van der Waals surface area contributed by atoms with Gasteiger partial charge in [-0.15, -0.1) is 0 Å². The fourth-order valence-electron chi connectivity index (χ4n) is 5.57. The van der Waals surface area contributed by atoms with Crippen molar-refractivity contribution in [2.75, 3.05) is 32.2 Å². The van der Waals surface area contributed by atoms with E-state index in [1.54, 1.807) is 14.2 Å². The van der Waals surface area contributed by atoms with E-state index in [1.807, 2.05) is 54.6 Å². The van der Waals surface area contributed by atoms with Crippen LogP contribution in [0.3, 0.4) is 0 Å².